The molecule has 2 aromatic heterocycles. The van der Waals surface area contributed by atoms with Crippen molar-refractivity contribution < 1.29 is 19.0 Å². The Morgan fingerprint density at radius 1 is 0.887 bits per heavy atom. The molecule has 0 radical (unpaired) electrons. The number of hydrogen-bond acceptors (Lipinski definition) is 7. The average Bonchev–Trinajstić information content (AvgIpc) is 3.69. The molecule has 8 nitrogen and oxygen atoms in total. The number of ether oxygens (including phenoxy) is 3. The van der Waals surface area contributed by atoms with Gasteiger partial charge in [0.1, 0.15) is 0 Å². The Labute approximate surface area is 320 Å². The van der Waals surface area contributed by atoms with Gasteiger partial charge in [-0.2, -0.15) is 0 Å². The molecule has 0 amide bonds. The predicted molar refractivity (Wildman–Crippen MR) is 214 cm³/mol. The minimum atomic E-state index is -0.850. The van der Waals surface area contributed by atoms with E-state index in [0.29, 0.717) is 43.2 Å². The highest BCUT2D eigenvalue weighted by molar-refractivity contribution is 9.10. The number of rotatable bonds is 10. The van der Waals surface area contributed by atoms with Gasteiger partial charge in [-0.15, -0.1) is 0 Å². The van der Waals surface area contributed by atoms with Crippen LogP contribution in [0.15, 0.2) is 129 Å². The van der Waals surface area contributed by atoms with Crippen LogP contribution in [-0.4, -0.2) is 35.4 Å². The van der Waals surface area contributed by atoms with Crippen LogP contribution < -0.4 is 24.4 Å². The predicted octanol–water partition coefficient (Wildman–Crippen LogP) is 8.40. The largest absolute Gasteiger partial charge is 0.493 e. The van der Waals surface area contributed by atoms with Gasteiger partial charge in [-0.1, -0.05) is 106 Å². The number of thiazole rings is 1. The van der Waals surface area contributed by atoms with Gasteiger partial charge < -0.3 is 18.8 Å². The van der Waals surface area contributed by atoms with Crippen LogP contribution in [0.1, 0.15) is 43.5 Å². The van der Waals surface area contributed by atoms with Crippen LogP contribution in [0.25, 0.3) is 34.3 Å². The smallest absolute Gasteiger partial charge is 0.338 e. The zero-order chi connectivity index (χ0) is 37.2. The number of carbonyl (C=O) groups excluding carboxylic acids is 1. The van der Waals surface area contributed by atoms with Crippen molar-refractivity contribution in [2.45, 2.75) is 33.7 Å². The number of hydrogen-bond donors (Lipinski definition) is 0. The van der Waals surface area contributed by atoms with E-state index in [-0.39, 0.29) is 17.7 Å². The molecule has 6 aromatic rings. The van der Waals surface area contributed by atoms with Gasteiger partial charge in [-0.05, 0) is 80.8 Å². The molecule has 1 aliphatic heterocycles. The second-order valence-corrected chi connectivity index (χ2v) is 14.4. The quantitative estimate of drug-likeness (QED) is 0.130. The molecule has 3 heterocycles. The lowest BCUT2D eigenvalue weighted by Gasteiger charge is -2.26. The Hall–Kier alpha value is -5.45. The van der Waals surface area contributed by atoms with Crippen molar-refractivity contribution in [3.63, 3.8) is 0 Å². The maximum atomic E-state index is 14.8. The van der Waals surface area contributed by atoms with Crippen LogP contribution in [0.5, 0.6) is 11.5 Å². The molecule has 0 saturated heterocycles. The van der Waals surface area contributed by atoms with Gasteiger partial charge >= 0.3 is 5.97 Å². The summed E-state index contributed by atoms with van der Waals surface area (Å²) in [5.41, 5.74) is 8.09. The van der Waals surface area contributed by atoms with Crippen LogP contribution in [0.3, 0.4) is 0 Å². The van der Waals surface area contributed by atoms with Crippen molar-refractivity contribution in [2.24, 2.45) is 4.99 Å². The number of fused-ring (bicyclic) bond motifs is 1. The standard InChI is InChI=1S/C43H38BrN3O5S/c1-6-51-36-25-33(44)32(24-35(36)50-5)40-38(42(49)52-7-2)27(4)45-43-47(40)41(48)37(53-43)23-30-22-34(28-14-10-8-11-15-28)46(31-20-18-26(3)19-21-31)39(30)29-16-12-9-13-17-29/h8-25,40H,6-7H2,1-5H3/b37-23+/t40-/m1/s1. The Morgan fingerprint density at radius 3 is 2.21 bits per heavy atom. The van der Waals surface area contributed by atoms with Crippen LogP contribution >= 0.6 is 27.3 Å². The van der Waals surface area contributed by atoms with Crippen molar-refractivity contribution >= 4 is 39.3 Å². The summed E-state index contributed by atoms with van der Waals surface area (Å²) >= 11 is 5.01. The lowest BCUT2D eigenvalue weighted by atomic mass is 9.95. The Bertz CT molecular complexity index is 2540. The second-order valence-electron chi connectivity index (χ2n) is 12.5. The highest BCUT2D eigenvalue weighted by Crippen LogP contribution is 2.41. The monoisotopic (exact) mass is 787 g/mol. The summed E-state index contributed by atoms with van der Waals surface area (Å²) in [4.78, 5) is 33.8. The molecular weight excluding hydrogens is 750 g/mol. The van der Waals surface area contributed by atoms with Gasteiger partial charge in [0.25, 0.3) is 5.56 Å². The summed E-state index contributed by atoms with van der Waals surface area (Å²) in [7, 11) is 1.56. The number of allylic oxidation sites excluding steroid dienone is 1. The van der Waals surface area contributed by atoms with Crippen molar-refractivity contribution in [2.75, 3.05) is 20.3 Å². The van der Waals surface area contributed by atoms with E-state index in [4.69, 9.17) is 19.2 Å². The van der Waals surface area contributed by atoms with Gasteiger partial charge in [-0.3, -0.25) is 9.36 Å². The molecule has 7 rings (SSSR count). The van der Waals surface area contributed by atoms with E-state index in [9.17, 15) is 9.59 Å². The van der Waals surface area contributed by atoms with E-state index < -0.39 is 12.0 Å². The molecule has 10 heteroatoms. The molecule has 53 heavy (non-hydrogen) atoms. The van der Waals surface area contributed by atoms with Gasteiger partial charge in [0.2, 0.25) is 0 Å². The minimum Gasteiger partial charge on any atom is -0.493 e. The van der Waals surface area contributed by atoms with Crippen LogP contribution in [0.4, 0.5) is 0 Å². The molecule has 1 atom stereocenters. The Morgan fingerprint density at radius 2 is 1.57 bits per heavy atom. The van der Waals surface area contributed by atoms with Gasteiger partial charge in [0, 0.05) is 15.7 Å². The van der Waals surface area contributed by atoms with E-state index in [2.05, 4.69) is 82.0 Å². The number of methoxy groups -OCH3 is 1. The first-order chi connectivity index (χ1) is 25.7. The van der Waals surface area contributed by atoms with Crippen molar-refractivity contribution in [3.8, 4) is 39.7 Å². The summed E-state index contributed by atoms with van der Waals surface area (Å²) in [6.07, 6.45) is 1.94. The molecular formula is C43H38BrN3O5S. The third-order valence-electron chi connectivity index (χ3n) is 9.12. The van der Waals surface area contributed by atoms with Crippen molar-refractivity contribution in [1.29, 1.82) is 0 Å². The Kier molecular flexibility index (Phi) is 10.3. The summed E-state index contributed by atoms with van der Waals surface area (Å²) in [6.45, 7) is 8.11. The van der Waals surface area contributed by atoms with Crippen molar-refractivity contribution in [1.82, 2.24) is 9.13 Å². The fraction of sp³-hybridized carbons (Fsp3) is 0.186. The number of aryl methyl sites for hydroxylation is 1. The molecule has 0 spiro atoms. The summed E-state index contributed by atoms with van der Waals surface area (Å²) < 4.78 is 22.0. The number of aromatic nitrogens is 2. The van der Waals surface area contributed by atoms with Crippen LogP contribution in [-0.2, 0) is 9.53 Å². The third kappa shape index (κ3) is 6.80. The lowest BCUT2D eigenvalue weighted by Crippen LogP contribution is -2.40. The second kappa shape index (κ2) is 15.3. The maximum absolute atomic E-state index is 14.8. The molecule has 4 aromatic carbocycles. The highest BCUT2D eigenvalue weighted by Gasteiger charge is 2.35. The van der Waals surface area contributed by atoms with E-state index in [1.807, 2.05) is 49.4 Å². The fourth-order valence-corrected chi connectivity index (χ4v) is 8.31. The highest BCUT2D eigenvalue weighted by atomic mass is 79.9. The summed E-state index contributed by atoms with van der Waals surface area (Å²) in [6, 6.07) is 33.8. The third-order valence-corrected chi connectivity index (χ3v) is 10.8. The summed E-state index contributed by atoms with van der Waals surface area (Å²) in [5.74, 6) is 0.474. The molecule has 0 aliphatic carbocycles. The SMILES string of the molecule is CCOC(=O)C1=C(C)N=c2s/c(=C/c3cc(-c4ccccc4)n(-c4ccc(C)cc4)c3-c3ccccc3)c(=O)n2[C@@H]1c1cc(OC)c(OCC)cc1Br. The normalized spacial score (nSPS) is 14.2. The van der Waals surface area contributed by atoms with E-state index in [1.165, 1.54) is 11.3 Å². The molecule has 268 valence electrons. The first-order valence-corrected chi connectivity index (χ1v) is 19.0. The van der Waals surface area contributed by atoms with Gasteiger partial charge in [-0.25, -0.2) is 9.79 Å². The number of benzene rings is 4. The topological polar surface area (TPSA) is 84.1 Å². The molecule has 0 fully saturated rings. The Balaban J connectivity index is 1.51. The number of carbonyl (C=O) groups is 1. The molecule has 0 N–H and O–H groups in total. The molecule has 1 aliphatic rings. The number of halogens is 1. The molecule has 0 unspecified atom stereocenters. The zero-order valence-corrected chi connectivity index (χ0v) is 32.5. The lowest BCUT2D eigenvalue weighted by molar-refractivity contribution is -0.139. The molecule has 0 saturated carbocycles. The van der Waals surface area contributed by atoms with Crippen LogP contribution in [0, 0.1) is 6.92 Å². The van der Waals surface area contributed by atoms with Crippen LogP contribution in [0.2, 0.25) is 0 Å². The maximum Gasteiger partial charge on any atom is 0.338 e. The van der Waals surface area contributed by atoms with E-state index >= 15 is 0 Å². The van der Waals surface area contributed by atoms with Gasteiger partial charge in [0.15, 0.2) is 16.3 Å². The zero-order valence-electron chi connectivity index (χ0n) is 30.1. The minimum absolute atomic E-state index is 0.171. The first-order valence-electron chi connectivity index (χ1n) is 17.4. The number of esters is 1. The first kappa shape index (κ1) is 35.9. The van der Waals surface area contributed by atoms with E-state index in [1.54, 1.807) is 37.7 Å². The molecule has 0 bridgehead atoms. The fourth-order valence-electron chi connectivity index (χ4n) is 6.73. The van der Waals surface area contributed by atoms with E-state index in [0.717, 1.165) is 39.3 Å². The van der Waals surface area contributed by atoms with Gasteiger partial charge in [0.05, 0.1) is 53.6 Å². The average molecular weight is 789 g/mol. The van der Waals surface area contributed by atoms with Crippen molar-refractivity contribution in [3.05, 3.63) is 155 Å². The summed E-state index contributed by atoms with van der Waals surface area (Å²) in [5, 5.41) is 0. The number of nitrogens with zero attached hydrogens (tertiary/aromatic N) is 3.